The highest BCUT2D eigenvalue weighted by Crippen LogP contribution is 2.29. The first-order valence-corrected chi connectivity index (χ1v) is 9.71. The number of halogens is 1. The third kappa shape index (κ3) is 6.09. The first-order valence-electron chi connectivity index (χ1n) is 9.30. The molecule has 0 radical (unpaired) electrons. The lowest BCUT2D eigenvalue weighted by Crippen LogP contribution is -2.27. The first-order chi connectivity index (χ1) is 14.6. The van der Waals surface area contributed by atoms with Crippen LogP contribution in [-0.4, -0.2) is 19.3 Å². The predicted molar refractivity (Wildman–Crippen MR) is 120 cm³/mol. The number of rotatable bonds is 8. The van der Waals surface area contributed by atoms with Crippen LogP contribution in [0.4, 0.5) is 10.1 Å². The van der Waals surface area contributed by atoms with Crippen LogP contribution < -0.4 is 24.8 Å². The van der Waals surface area contributed by atoms with E-state index in [9.17, 15) is 4.39 Å². The van der Waals surface area contributed by atoms with Gasteiger partial charge >= 0.3 is 0 Å². The molecule has 156 valence electrons. The van der Waals surface area contributed by atoms with Gasteiger partial charge in [-0.3, -0.25) is 0 Å². The van der Waals surface area contributed by atoms with Crippen molar-refractivity contribution in [3.63, 3.8) is 0 Å². The lowest BCUT2D eigenvalue weighted by Gasteiger charge is -2.13. The molecule has 0 bridgehead atoms. The van der Waals surface area contributed by atoms with Crippen molar-refractivity contribution in [2.24, 2.45) is 0 Å². The number of nitrogens with one attached hydrogen (secondary N) is 2. The molecular weight excluding hydrogens is 403 g/mol. The molecule has 5 nitrogen and oxygen atoms in total. The maximum absolute atomic E-state index is 12.9. The van der Waals surface area contributed by atoms with E-state index < -0.39 is 0 Å². The number of hydrogen-bond acceptors (Lipinski definition) is 4. The molecule has 3 rings (SSSR count). The maximum Gasteiger partial charge on any atom is 0.171 e. The Balaban J connectivity index is 1.47. The Labute approximate surface area is 180 Å². The SMILES string of the molecule is COc1ccc(NC(=S)NCc2ccc(OCc3ccc(F)cc3)cc2)cc1OC. The van der Waals surface area contributed by atoms with E-state index >= 15 is 0 Å². The fraction of sp³-hybridized carbons (Fsp3) is 0.174. The second kappa shape index (κ2) is 10.5. The largest absolute Gasteiger partial charge is 0.493 e. The number of hydrogen-bond donors (Lipinski definition) is 2. The van der Waals surface area contributed by atoms with Gasteiger partial charge in [-0.1, -0.05) is 24.3 Å². The van der Waals surface area contributed by atoms with E-state index in [0.717, 1.165) is 22.6 Å². The maximum atomic E-state index is 12.9. The third-order valence-corrected chi connectivity index (χ3v) is 4.58. The molecule has 0 aromatic heterocycles. The first kappa shape index (κ1) is 21.4. The molecule has 7 heteroatoms. The van der Waals surface area contributed by atoms with Gasteiger partial charge in [-0.15, -0.1) is 0 Å². The Morgan fingerprint density at radius 2 is 1.53 bits per heavy atom. The Kier molecular flexibility index (Phi) is 7.45. The van der Waals surface area contributed by atoms with Crippen molar-refractivity contribution in [2.45, 2.75) is 13.2 Å². The summed E-state index contributed by atoms with van der Waals surface area (Å²) >= 11 is 5.36. The predicted octanol–water partition coefficient (Wildman–Crippen LogP) is 4.91. The van der Waals surface area contributed by atoms with Crippen LogP contribution in [0.25, 0.3) is 0 Å². The molecule has 0 atom stereocenters. The number of anilines is 1. The topological polar surface area (TPSA) is 51.8 Å². The molecule has 0 aliphatic carbocycles. The zero-order valence-electron chi connectivity index (χ0n) is 16.8. The van der Waals surface area contributed by atoms with Gasteiger partial charge in [-0.25, -0.2) is 4.39 Å². The van der Waals surface area contributed by atoms with E-state index in [-0.39, 0.29) is 5.82 Å². The third-order valence-electron chi connectivity index (χ3n) is 4.34. The Hall–Kier alpha value is -3.32. The minimum absolute atomic E-state index is 0.255. The summed E-state index contributed by atoms with van der Waals surface area (Å²) in [5.74, 6) is 1.77. The fourth-order valence-electron chi connectivity index (χ4n) is 2.72. The number of benzene rings is 3. The molecule has 2 N–H and O–H groups in total. The molecule has 0 aliphatic heterocycles. The zero-order valence-corrected chi connectivity index (χ0v) is 17.6. The Morgan fingerprint density at radius 3 is 2.20 bits per heavy atom. The summed E-state index contributed by atoms with van der Waals surface area (Å²) < 4.78 is 29.2. The molecule has 0 aliphatic rings. The highest BCUT2D eigenvalue weighted by molar-refractivity contribution is 7.80. The van der Waals surface area contributed by atoms with Gasteiger partial charge in [0.2, 0.25) is 0 Å². The summed E-state index contributed by atoms with van der Waals surface area (Å²) in [7, 11) is 3.18. The monoisotopic (exact) mass is 426 g/mol. The van der Waals surface area contributed by atoms with E-state index in [1.807, 2.05) is 42.5 Å². The molecule has 0 saturated heterocycles. The summed E-state index contributed by atoms with van der Waals surface area (Å²) in [6.45, 7) is 0.953. The normalized spacial score (nSPS) is 10.2. The van der Waals surface area contributed by atoms with Crippen LogP contribution in [0.2, 0.25) is 0 Å². The van der Waals surface area contributed by atoms with E-state index in [4.69, 9.17) is 26.4 Å². The minimum atomic E-state index is -0.255. The van der Waals surface area contributed by atoms with E-state index in [1.54, 1.807) is 26.4 Å². The quantitative estimate of drug-likeness (QED) is 0.499. The molecule has 0 amide bonds. The van der Waals surface area contributed by atoms with E-state index in [2.05, 4.69) is 10.6 Å². The summed E-state index contributed by atoms with van der Waals surface area (Å²) in [5, 5.41) is 6.79. The van der Waals surface area contributed by atoms with Gasteiger partial charge in [0, 0.05) is 18.3 Å². The molecule has 0 unspecified atom stereocenters. The molecule has 0 spiro atoms. The molecule has 30 heavy (non-hydrogen) atoms. The van der Waals surface area contributed by atoms with Crippen LogP contribution in [0, 0.1) is 5.82 Å². The van der Waals surface area contributed by atoms with Gasteiger partial charge in [0.1, 0.15) is 18.2 Å². The van der Waals surface area contributed by atoms with Crippen LogP contribution in [-0.2, 0) is 13.2 Å². The van der Waals surface area contributed by atoms with Crippen LogP contribution in [0.3, 0.4) is 0 Å². The van der Waals surface area contributed by atoms with Crippen molar-refractivity contribution in [1.29, 1.82) is 0 Å². The molecule has 3 aromatic carbocycles. The van der Waals surface area contributed by atoms with Gasteiger partial charge in [-0.05, 0) is 59.7 Å². The van der Waals surface area contributed by atoms with Crippen LogP contribution in [0.15, 0.2) is 66.7 Å². The van der Waals surface area contributed by atoms with Crippen molar-refractivity contribution in [3.8, 4) is 17.2 Å². The van der Waals surface area contributed by atoms with E-state index in [1.165, 1.54) is 12.1 Å². The molecule has 3 aromatic rings. The molecule has 0 heterocycles. The Morgan fingerprint density at radius 1 is 0.867 bits per heavy atom. The highest BCUT2D eigenvalue weighted by Gasteiger charge is 2.06. The molecular formula is C23H23FN2O3S. The van der Waals surface area contributed by atoms with Gasteiger partial charge < -0.3 is 24.8 Å². The number of ether oxygens (including phenoxy) is 3. The molecule has 0 fully saturated rings. The summed E-state index contributed by atoms with van der Waals surface area (Å²) in [4.78, 5) is 0. The van der Waals surface area contributed by atoms with Crippen LogP contribution >= 0.6 is 12.2 Å². The van der Waals surface area contributed by atoms with Crippen molar-refractivity contribution in [1.82, 2.24) is 5.32 Å². The standard InChI is InChI=1S/C23H23FN2O3S/c1-27-21-12-9-19(13-22(21)28-2)26-23(30)25-14-16-5-10-20(11-6-16)29-15-17-3-7-18(24)8-4-17/h3-13H,14-15H2,1-2H3,(H2,25,26,30). The minimum Gasteiger partial charge on any atom is -0.493 e. The fourth-order valence-corrected chi connectivity index (χ4v) is 2.91. The van der Waals surface area contributed by atoms with Gasteiger partial charge in [0.15, 0.2) is 16.6 Å². The summed E-state index contributed by atoms with van der Waals surface area (Å²) in [6.07, 6.45) is 0. The second-order valence-corrected chi connectivity index (χ2v) is 6.84. The van der Waals surface area contributed by atoms with Gasteiger partial charge in [0.25, 0.3) is 0 Å². The highest BCUT2D eigenvalue weighted by atomic mass is 32.1. The van der Waals surface area contributed by atoms with Crippen molar-refractivity contribution in [3.05, 3.63) is 83.7 Å². The average Bonchev–Trinajstić information content (AvgIpc) is 2.78. The van der Waals surface area contributed by atoms with Crippen molar-refractivity contribution in [2.75, 3.05) is 19.5 Å². The van der Waals surface area contributed by atoms with Crippen molar-refractivity contribution >= 4 is 23.0 Å². The van der Waals surface area contributed by atoms with Crippen LogP contribution in [0.1, 0.15) is 11.1 Å². The Bertz CT molecular complexity index is 979. The van der Waals surface area contributed by atoms with Gasteiger partial charge in [0.05, 0.1) is 14.2 Å². The lowest BCUT2D eigenvalue weighted by molar-refractivity contribution is 0.306. The second-order valence-electron chi connectivity index (χ2n) is 6.44. The number of methoxy groups -OCH3 is 2. The lowest BCUT2D eigenvalue weighted by atomic mass is 10.2. The van der Waals surface area contributed by atoms with Crippen molar-refractivity contribution < 1.29 is 18.6 Å². The molecule has 0 saturated carbocycles. The number of thiocarbonyl (C=S) groups is 1. The smallest absolute Gasteiger partial charge is 0.171 e. The zero-order chi connectivity index (χ0) is 21.3. The van der Waals surface area contributed by atoms with Gasteiger partial charge in [-0.2, -0.15) is 0 Å². The summed E-state index contributed by atoms with van der Waals surface area (Å²) in [6, 6.07) is 19.5. The van der Waals surface area contributed by atoms with Crippen LogP contribution in [0.5, 0.6) is 17.2 Å². The van der Waals surface area contributed by atoms with E-state index in [0.29, 0.717) is 29.8 Å². The average molecular weight is 427 g/mol. The summed E-state index contributed by atoms with van der Waals surface area (Å²) in [5.41, 5.74) is 2.77.